The van der Waals surface area contributed by atoms with E-state index >= 15 is 0 Å². The number of aryl methyl sites for hydroxylation is 2. The Balaban J connectivity index is 1.79. The van der Waals surface area contributed by atoms with Crippen molar-refractivity contribution in [2.75, 3.05) is 25.4 Å². The van der Waals surface area contributed by atoms with Crippen molar-refractivity contribution in [1.82, 2.24) is 14.8 Å². The number of carbonyl (C=O) groups is 1. The number of hydrogen-bond acceptors (Lipinski definition) is 5. The number of alkyl halides is 1. The molecule has 0 atom stereocenters. The molecule has 1 amide bonds. The fraction of sp³-hybridized carbons (Fsp3) is 0.375. The minimum absolute atomic E-state index is 0.0737. The van der Waals surface area contributed by atoms with Crippen LogP contribution in [0.15, 0.2) is 30.3 Å². The van der Waals surface area contributed by atoms with E-state index in [-0.39, 0.29) is 17.7 Å². The van der Waals surface area contributed by atoms with Crippen LogP contribution in [0.3, 0.4) is 0 Å². The normalized spacial score (nSPS) is 12.7. The van der Waals surface area contributed by atoms with Gasteiger partial charge in [-0.1, -0.05) is 13.8 Å². The van der Waals surface area contributed by atoms with E-state index in [4.69, 9.17) is 31.2 Å². The number of amides is 1. The van der Waals surface area contributed by atoms with Crippen LogP contribution < -0.4 is 14.8 Å². The third kappa shape index (κ3) is 4.17. The van der Waals surface area contributed by atoms with Gasteiger partial charge >= 0.3 is 0 Å². The number of fused-ring (bicyclic) bond motifs is 3. The van der Waals surface area contributed by atoms with Gasteiger partial charge in [-0.25, -0.2) is 9.67 Å². The quantitative estimate of drug-likeness (QED) is 0.544. The van der Waals surface area contributed by atoms with Crippen molar-refractivity contribution in [2.24, 2.45) is 0 Å². The number of nitrogens with zero attached hydrogens (tertiary/aromatic N) is 3. The van der Waals surface area contributed by atoms with Crippen molar-refractivity contribution in [1.29, 1.82) is 0 Å². The van der Waals surface area contributed by atoms with Crippen LogP contribution in [0.2, 0.25) is 0 Å². The van der Waals surface area contributed by atoms with Gasteiger partial charge in [0.15, 0.2) is 5.82 Å². The topological polar surface area (TPSA) is 78.3 Å². The first kappa shape index (κ1) is 22.1. The van der Waals surface area contributed by atoms with Crippen molar-refractivity contribution >= 4 is 23.2 Å². The van der Waals surface area contributed by atoms with Crippen molar-refractivity contribution in [3.05, 3.63) is 47.3 Å². The van der Waals surface area contributed by atoms with E-state index in [1.54, 1.807) is 14.2 Å². The molecule has 0 radical (unpaired) electrons. The lowest BCUT2D eigenvalue weighted by molar-refractivity contribution is -0.113. The molecule has 8 heteroatoms. The zero-order valence-electron chi connectivity index (χ0n) is 18.7. The predicted octanol–water partition coefficient (Wildman–Crippen LogP) is 4.74. The molecule has 0 saturated carbocycles. The van der Waals surface area contributed by atoms with Crippen LogP contribution in [-0.4, -0.2) is 40.8 Å². The molecule has 1 aromatic heterocycles. The van der Waals surface area contributed by atoms with Crippen LogP contribution in [0.4, 0.5) is 5.69 Å². The molecule has 1 aliphatic heterocycles. The van der Waals surface area contributed by atoms with Gasteiger partial charge in [0, 0.05) is 18.2 Å². The molecule has 4 rings (SSSR count). The van der Waals surface area contributed by atoms with Crippen molar-refractivity contribution in [3.63, 3.8) is 0 Å². The minimum atomic E-state index is -0.225. The SMILES string of the molecule is COc1cc(OC)c(C(C)C)cc1-c1nc2n(n1)-c1ccc(NC(=O)CCl)cc1CCC2. The van der Waals surface area contributed by atoms with Crippen LogP contribution in [-0.2, 0) is 17.6 Å². The standard InChI is InChI=1S/C24H27ClN4O3/c1-14(2)17-11-18(21(32-4)12-20(17)31-3)24-27-22-7-5-6-15-10-16(26-23(30)13-25)8-9-19(15)29(22)28-24/h8-12,14H,5-7,13H2,1-4H3,(H,26,30). The molecule has 3 aromatic rings. The Morgan fingerprint density at radius 1 is 1.16 bits per heavy atom. The highest BCUT2D eigenvalue weighted by Gasteiger charge is 2.23. The van der Waals surface area contributed by atoms with Crippen molar-refractivity contribution < 1.29 is 14.3 Å². The summed E-state index contributed by atoms with van der Waals surface area (Å²) in [6.07, 6.45) is 2.62. The molecule has 0 saturated heterocycles. The first-order valence-corrected chi connectivity index (χ1v) is 11.2. The molecule has 0 unspecified atom stereocenters. The summed E-state index contributed by atoms with van der Waals surface area (Å²) in [4.78, 5) is 16.5. The lowest BCUT2D eigenvalue weighted by atomic mass is 9.98. The van der Waals surface area contributed by atoms with E-state index in [9.17, 15) is 4.79 Å². The highest BCUT2D eigenvalue weighted by molar-refractivity contribution is 6.29. The van der Waals surface area contributed by atoms with E-state index in [2.05, 4.69) is 25.2 Å². The molecule has 0 fully saturated rings. The fourth-order valence-electron chi connectivity index (χ4n) is 4.06. The number of aromatic nitrogens is 3. The zero-order chi connectivity index (χ0) is 22.8. The Labute approximate surface area is 192 Å². The first-order valence-electron chi connectivity index (χ1n) is 10.7. The Morgan fingerprint density at radius 2 is 1.94 bits per heavy atom. The van der Waals surface area contributed by atoms with E-state index in [0.29, 0.717) is 11.6 Å². The summed E-state index contributed by atoms with van der Waals surface area (Å²) in [5.74, 6) is 2.96. The number of anilines is 1. The number of halogens is 1. The third-order valence-electron chi connectivity index (χ3n) is 5.65. The average Bonchev–Trinajstić information content (AvgIpc) is 3.14. The number of nitrogens with one attached hydrogen (secondary N) is 1. The largest absolute Gasteiger partial charge is 0.496 e. The monoisotopic (exact) mass is 454 g/mol. The molecular weight excluding hydrogens is 428 g/mol. The summed E-state index contributed by atoms with van der Waals surface area (Å²) in [5.41, 5.74) is 4.73. The average molecular weight is 455 g/mol. The van der Waals surface area contributed by atoms with E-state index in [0.717, 1.165) is 58.9 Å². The maximum absolute atomic E-state index is 11.7. The molecule has 0 bridgehead atoms. The van der Waals surface area contributed by atoms with Gasteiger partial charge in [-0.15, -0.1) is 16.7 Å². The second kappa shape index (κ2) is 9.20. The summed E-state index contributed by atoms with van der Waals surface area (Å²) in [7, 11) is 3.30. The summed E-state index contributed by atoms with van der Waals surface area (Å²) < 4.78 is 13.1. The molecule has 2 heterocycles. The second-order valence-corrected chi connectivity index (χ2v) is 8.36. The van der Waals surface area contributed by atoms with Crippen LogP contribution in [0, 0.1) is 0 Å². The van der Waals surface area contributed by atoms with Crippen LogP contribution in [0.1, 0.15) is 43.1 Å². The Bertz CT molecular complexity index is 1160. The van der Waals surface area contributed by atoms with Gasteiger partial charge in [0.25, 0.3) is 0 Å². The molecule has 0 aliphatic carbocycles. The van der Waals surface area contributed by atoms with Crippen LogP contribution in [0.25, 0.3) is 17.1 Å². The molecule has 2 aromatic carbocycles. The highest BCUT2D eigenvalue weighted by atomic mass is 35.5. The summed E-state index contributed by atoms with van der Waals surface area (Å²) >= 11 is 5.62. The van der Waals surface area contributed by atoms with Gasteiger partial charge in [-0.05, 0) is 54.2 Å². The van der Waals surface area contributed by atoms with Gasteiger partial charge in [-0.3, -0.25) is 4.79 Å². The van der Waals surface area contributed by atoms with Crippen LogP contribution >= 0.6 is 11.6 Å². The number of hydrogen-bond donors (Lipinski definition) is 1. The lowest BCUT2D eigenvalue weighted by Gasteiger charge is -2.15. The Hall–Kier alpha value is -3.06. The molecular formula is C24H27ClN4O3. The van der Waals surface area contributed by atoms with Gasteiger partial charge in [0.05, 0.1) is 25.5 Å². The van der Waals surface area contributed by atoms with Crippen LogP contribution in [0.5, 0.6) is 11.5 Å². The molecule has 7 nitrogen and oxygen atoms in total. The first-order chi connectivity index (χ1) is 15.4. The minimum Gasteiger partial charge on any atom is -0.496 e. The molecule has 168 valence electrons. The van der Waals surface area contributed by atoms with Gasteiger partial charge in [0.2, 0.25) is 5.91 Å². The van der Waals surface area contributed by atoms with Gasteiger partial charge in [-0.2, -0.15) is 0 Å². The fourth-order valence-corrected chi connectivity index (χ4v) is 4.13. The Kier molecular flexibility index (Phi) is 6.37. The van der Waals surface area contributed by atoms with Gasteiger partial charge < -0.3 is 14.8 Å². The number of rotatable bonds is 6. The maximum atomic E-state index is 11.7. The number of methoxy groups -OCH3 is 2. The number of ether oxygens (including phenoxy) is 2. The smallest absolute Gasteiger partial charge is 0.239 e. The third-order valence-corrected chi connectivity index (χ3v) is 5.89. The van der Waals surface area contributed by atoms with Crippen molar-refractivity contribution in [2.45, 2.75) is 39.0 Å². The zero-order valence-corrected chi connectivity index (χ0v) is 19.5. The van der Waals surface area contributed by atoms with E-state index in [1.165, 1.54) is 0 Å². The van der Waals surface area contributed by atoms with E-state index < -0.39 is 0 Å². The summed E-state index contributed by atoms with van der Waals surface area (Å²) in [6, 6.07) is 9.78. The van der Waals surface area contributed by atoms with Crippen molar-refractivity contribution in [3.8, 4) is 28.6 Å². The second-order valence-electron chi connectivity index (χ2n) is 8.09. The Morgan fingerprint density at radius 3 is 2.62 bits per heavy atom. The maximum Gasteiger partial charge on any atom is 0.239 e. The number of benzene rings is 2. The molecule has 32 heavy (non-hydrogen) atoms. The summed E-state index contributed by atoms with van der Waals surface area (Å²) in [5, 5.41) is 7.69. The van der Waals surface area contributed by atoms with Gasteiger partial charge in [0.1, 0.15) is 23.2 Å². The lowest BCUT2D eigenvalue weighted by Crippen LogP contribution is -2.13. The summed E-state index contributed by atoms with van der Waals surface area (Å²) in [6.45, 7) is 4.25. The number of carbonyl (C=O) groups excluding carboxylic acids is 1. The predicted molar refractivity (Wildman–Crippen MR) is 125 cm³/mol. The molecule has 1 aliphatic rings. The van der Waals surface area contributed by atoms with E-state index in [1.807, 2.05) is 28.9 Å². The molecule has 1 N–H and O–H groups in total. The molecule has 0 spiro atoms. The highest BCUT2D eigenvalue weighted by Crippen LogP contribution is 2.38.